The van der Waals surface area contributed by atoms with E-state index in [-0.39, 0.29) is 5.69 Å². The first-order chi connectivity index (χ1) is 9.75. The van der Waals surface area contributed by atoms with Gasteiger partial charge >= 0.3 is 6.18 Å². The van der Waals surface area contributed by atoms with Gasteiger partial charge in [0.1, 0.15) is 11.6 Å². The molecule has 0 radical (unpaired) electrons. The topological polar surface area (TPSA) is 12.0 Å². The molecule has 2 aromatic carbocycles. The van der Waals surface area contributed by atoms with Crippen molar-refractivity contribution in [1.29, 1.82) is 0 Å². The summed E-state index contributed by atoms with van der Waals surface area (Å²) in [5.41, 5.74) is -0.253. The fourth-order valence-electron chi connectivity index (χ4n) is 1.94. The number of anilines is 1. The molecule has 0 amide bonds. The highest BCUT2D eigenvalue weighted by molar-refractivity contribution is 5.48. The number of hydrogen-bond acceptors (Lipinski definition) is 1. The van der Waals surface area contributed by atoms with E-state index in [4.69, 9.17) is 0 Å². The van der Waals surface area contributed by atoms with E-state index in [0.29, 0.717) is 5.56 Å². The van der Waals surface area contributed by atoms with Crippen molar-refractivity contribution in [2.24, 2.45) is 0 Å². The molecular formula is C15H12F5N. The van der Waals surface area contributed by atoms with Crippen molar-refractivity contribution < 1.29 is 22.0 Å². The fourth-order valence-corrected chi connectivity index (χ4v) is 1.94. The van der Waals surface area contributed by atoms with Crippen molar-refractivity contribution in [3.8, 4) is 0 Å². The number of rotatable bonds is 3. The van der Waals surface area contributed by atoms with Crippen LogP contribution < -0.4 is 5.32 Å². The highest BCUT2D eigenvalue weighted by Gasteiger charge is 2.30. The first-order valence-electron chi connectivity index (χ1n) is 6.15. The fraction of sp³-hybridized carbons (Fsp3) is 0.200. The third kappa shape index (κ3) is 3.93. The first kappa shape index (κ1) is 15.3. The van der Waals surface area contributed by atoms with Gasteiger partial charge in [0.15, 0.2) is 0 Å². The van der Waals surface area contributed by atoms with Gasteiger partial charge in [-0.1, -0.05) is 6.07 Å². The summed E-state index contributed by atoms with van der Waals surface area (Å²) < 4.78 is 64.1. The van der Waals surface area contributed by atoms with E-state index < -0.39 is 29.4 Å². The Morgan fingerprint density at radius 3 is 2.14 bits per heavy atom. The third-order valence-corrected chi connectivity index (χ3v) is 2.96. The number of benzene rings is 2. The standard InChI is InChI=1S/C15H12F5N/c1-9(10-5-12(16)8-13(17)6-10)21-14-4-2-3-11(7-14)15(18,19)20/h2-9,21H,1H3. The van der Waals surface area contributed by atoms with Crippen LogP contribution in [-0.2, 0) is 6.18 Å². The van der Waals surface area contributed by atoms with Crippen molar-refractivity contribution in [3.05, 3.63) is 65.2 Å². The molecule has 1 nitrogen and oxygen atoms in total. The largest absolute Gasteiger partial charge is 0.416 e. The molecule has 0 aliphatic carbocycles. The maximum Gasteiger partial charge on any atom is 0.416 e. The summed E-state index contributed by atoms with van der Waals surface area (Å²) in [7, 11) is 0. The molecule has 0 aromatic heterocycles. The molecule has 21 heavy (non-hydrogen) atoms. The van der Waals surface area contributed by atoms with Crippen LogP contribution in [0.15, 0.2) is 42.5 Å². The summed E-state index contributed by atoms with van der Waals surface area (Å²) in [5.74, 6) is -1.47. The summed E-state index contributed by atoms with van der Waals surface area (Å²) in [4.78, 5) is 0. The quantitative estimate of drug-likeness (QED) is 0.772. The van der Waals surface area contributed by atoms with Crippen LogP contribution >= 0.6 is 0 Å². The lowest BCUT2D eigenvalue weighted by atomic mass is 10.1. The highest BCUT2D eigenvalue weighted by atomic mass is 19.4. The Hall–Kier alpha value is -2.11. The van der Waals surface area contributed by atoms with Crippen LogP contribution in [0.5, 0.6) is 0 Å². The molecule has 0 saturated carbocycles. The zero-order chi connectivity index (χ0) is 15.6. The molecule has 0 fully saturated rings. The molecule has 1 atom stereocenters. The van der Waals surface area contributed by atoms with Crippen molar-refractivity contribution in [2.45, 2.75) is 19.1 Å². The van der Waals surface area contributed by atoms with Crippen LogP contribution in [0.25, 0.3) is 0 Å². The van der Waals surface area contributed by atoms with Gasteiger partial charge in [-0.25, -0.2) is 8.78 Å². The van der Waals surface area contributed by atoms with Crippen LogP contribution in [0.4, 0.5) is 27.6 Å². The zero-order valence-corrected chi connectivity index (χ0v) is 11.0. The number of nitrogens with one attached hydrogen (secondary N) is 1. The monoisotopic (exact) mass is 301 g/mol. The van der Waals surface area contributed by atoms with E-state index in [1.54, 1.807) is 6.92 Å². The molecule has 0 aliphatic rings. The molecule has 0 bridgehead atoms. The Kier molecular flexibility index (Phi) is 4.16. The predicted octanol–water partition coefficient (Wildman–Crippen LogP) is 5.16. The van der Waals surface area contributed by atoms with E-state index in [0.717, 1.165) is 30.3 Å². The van der Waals surface area contributed by atoms with Gasteiger partial charge in [0.05, 0.1) is 5.56 Å². The van der Waals surface area contributed by atoms with E-state index >= 15 is 0 Å². The lowest BCUT2D eigenvalue weighted by molar-refractivity contribution is -0.137. The Labute approximate surface area is 118 Å². The molecular weight excluding hydrogens is 289 g/mol. The van der Waals surface area contributed by atoms with Gasteiger partial charge in [-0.3, -0.25) is 0 Å². The molecule has 112 valence electrons. The van der Waals surface area contributed by atoms with Crippen LogP contribution in [0.3, 0.4) is 0 Å². The molecule has 6 heteroatoms. The number of alkyl halides is 3. The summed E-state index contributed by atoms with van der Waals surface area (Å²) in [6.07, 6.45) is -4.44. The average Bonchev–Trinajstić information content (AvgIpc) is 2.37. The van der Waals surface area contributed by atoms with E-state index in [1.165, 1.54) is 12.1 Å². The highest BCUT2D eigenvalue weighted by Crippen LogP contribution is 2.31. The third-order valence-electron chi connectivity index (χ3n) is 2.96. The van der Waals surface area contributed by atoms with Gasteiger partial charge in [0.2, 0.25) is 0 Å². The molecule has 0 aliphatic heterocycles. The van der Waals surface area contributed by atoms with Crippen molar-refractivity contribution in [1.82, 2.24) is 0 Å². The summed E-state index contributed by atoms with van der Waals surface area (Å²) in [6, 6.07) is 7.09. The predicted molar refractivity (Wildman–Crippen MR) is 69.8 cm³/mol. The maximum atomic E-state index is 13.1. The van der Waals surface area contributed by atoms with Gasteiger partial charge in [0, 0.05) is 17.8 Å². The lowest BCUT2D eigenvalue weighted by Gasteiger charge is -2.17. The minimum Gasteiger partial charge on any atom is -0.379 e. The zero-order valence-electron chi connectivity index (χ0n) is 11.0. The molecule has 1 N–H and O–H groups in total. The summed E-state index contributed by atoms with van der Waals surface area (Å²) in [5, 5.41) is 2.79. The van der Waals surface area contributed by atoms with E-state index in [1.807, 2.05) is 0 Å². The van der Waals surface area contributed by atoms with Gasteiger partial charge in [-0.2, -0.15) is 13.2 Å². The van der Waals surface area contributed by atoms with Crippen molar-refractivity contribution in [2.75, 3.05) is 5.32 Å². The Bertz CT molecular complexity index is 616. The van der Waals surface area contributed by atoms with Crippen LogP contribution in [0.1, 0.15) is 24.1 Å². The minimum atomic E-state index is -4.44. The SMILES string of the molecule is CC(Nc1cccc(C(F)(F)F)c1)c1cc(F)cc(F)c1. The summed E-state index contributed by atoms with van der Waals surface area (Å²) in [6.45, 7) is 1.61. The second-order valence-electron chi connectivity index (χ2n) is 4.65. The van der Waals surface area contributed by atoms with Crippen LogP contribution in [0.2, 0.25) is 0 Å². The number of hydrogen-bond donors (Lipinski definition) is 1. The Morgan fingerprint density at radius 1 is 0.952 bits per heavy atom. The van der Waals surface area contributed by atoms with Gasteiger partial charge in [-0.15, -0.1) is 0 Å². The molecule has 0 saturated heterocycles. The number of halogens is 5. The molecule has 2 rings (SSSR count). The molecule has 2 aromatic rings. The van der Waals surface area contributed by atoms with Gasteiger partial charge < -0.3 is 5.32 Å². The first-order valence-corrected chi connectivity index (χ1v) is 6.15. The van der Waals surface area contributed by atoms with E-state index in [9.17, 15) is 22.0 Å². The van der Waals surface area contributed by atoms with Crippen molar-refractivity contribution in [3.63, 3.8) is 0 Å². The summed E-state index contributed by atoms with van der Waals surface area (Å²) >= 11 is 0. The second-order valence-corrected chi connectivity index (χ2v) is 4.65. The Morgan fingerprint density at radius 2 is 1.57 bits per heavy atom. The van der Waals surface area contributed by atoms with E-state index in [2.05, 4.69) is 5.32 Å². The smallest absolute Gasteiger partial charge is 0.379 e. The van der Waals surface area contributed by atoms with Crippen LogP contribution in [-0.4, -0.2) is 0 Å². The van der Waals surface area contributed by atoms with Gasteiger partial charge in [0.25, 0.3) is 0 Å². The molecule has 0 spiro atoms. The second kappa shape index (κ2) is 5.71. The van der Waals surface area contributed by atoms with Crippen molar-refractivity contribution >= 4 is 5.69 Å². The van der Waals surface area contributed by atoms with Crippen LogP contribution in [0, 0.1) is 11.6 Å². The molecule has 1 unspecified atom stereocenters. The lowest BCUT2D eigenvalue weighted by Crippen LogP contribution is -2.09. The average molecular weight is 301 g/mol. The van der Waals surface area contributed by atoms with Gasteiger partial charge in [-0.05, 0) is 42.8 Å². The molecule has 0 heterocycles. The normalized spacial score (nSPS) is 13.0. The maximum absolute atomic E-state index is 13.1. The minimum absolute atomic E-state index is 0.224. The Balaban J connectivity index is 2.21.